The quantitative estimate of drug-likeness (QED) is 0.454. The Bertz CT molecular complexity index is 506. The number of nitrogens with one attached hydrogen (secondary N) is 2. The maximum atomic E-state index is 13.7. The number of carbonyl (C=O) groups is 3. The Morgan fingerprint density at radius 3 is 2.65 bits per heavy atom. The van der Waals surface area contributed by atoms with Gasteiger partial charge in [-0.1, -0.05) is 20.8 Å². The van der Waals surface area contributed by atoms with Crippen molar-refractivity contribution in [1.29, 1.82) is 0 Å². The summed E-state index contributed by atoms with van der Waals surface area (Å²) in [7, 11) is 0. The monoisotopic (exact) mass is 493 g/mol. The molecule has 3 unspecified atom stereocenters. The predicted molar refractivity (Wildman–Crippen MR) is 80.2 cm³/mol. The number of carbonyl (C=O) groups excluding carboxylic acids is 3. The summed E-state index contributed by atoms with van der Waals surface area (Å²) < 4.78 is 13.7. The zero-order valence-corrected chi connectivity index (χ0v) is 16.5. The molecule has 1 heterocycles. The summed E-state index contributed by atoms with van der Waals surface area (Å²) in [4.78, 5) is 34.6. The van der Waals surface area contributed by atoms with Crippen molar-refractivity contribution >= 4 is 17.7 Å². The summed E-state index contributed by atoms with van der Waals surface area (Å²) in [5, 5.41) is 4.65. The van der Waals surface area contributed by atoms with Crippen LogP contribution in [0.2, 0.25) is 0 Å². The second-order valence-electron chi connectivity index (χ2n) is 5.06. The van der Waals surface area contributed by atoms with E-state index in [-0.39, 0.29) is 51.3 Å². The first-order valence-electron chi connectivity index (χ1n) is 7.56. The second kappa shape index (κ2) is 10.5. The normalized spacial score (nSPS) is 26.6. The van der Waals surface area contributed by atoms with E-state index in [4.69, 9.17) is 0 Å². The van der Waals surface area contributed by atoms with E-state index in [0.717, 1.165) is 0 Å². The molecule has 1 fully saturated rings. The van der Waals surface area contributed by atoms with Crippen molar-refractivity contribution in [2.45, 2.75) is 52.2 Å². The largest absolute Gasteiger partial charge is 0.394 e. The second-order valence-corrected chi connectivity index (χ2v) is 5.06. The molecule has 0 spiro atoms. The molecular weight excluding hydrogens is 471 g/mol. The van der Waals surface area contributed by atoms with Crippen LogP contribution >= 0.6 is 0 Å². The maximum absolute atomic E-state index is 13.7. The van der Waals surface area contributed by atoms with E-state index in [1.807, 2.05) is 13.8 Å². The molecule has 1 aliphatic heterocycles. The first-order valence-corrected chi connectivity index (χ1v) is 7.56. The van der Waals surface area contributed by atoms with Crippen LogP contribution < -0.4 is 10.6 Å². The van der Waals surface area contributed by atoms with Gasteiger partial charge < -0.3 is 10.1 Å². The SMILES string of the molecule is CC.CC1CC=[C-]C(C(=O)NC2CCC(=O)NC2=O)=CC1F.[W]. The molecule has 0 saturated carbocycles. The molecule has 2 rings (SSSR count). The van der Waals surface area contributed by atoms with Crippen molar-refractivity contribution < 1.29 is 39.8 Å². The van der Waals surface area contributed by atoms with Gasteiger partial charge >= 0.3 is 0 Å². The van der Waals surface area contributed by atoms with Gasteiger partial charge in [-0.15, -0.1) is 17.7 Å². The fourth-order valence-electron chi connectivity index (χ4n) is 2.06. The van der Waals surface area contributed by atoms with E-state index in [1.54, 1.807) is 13.0 Å². The van der Waals surface area contributed by atoms with Gasteiger partial charge in [-0.2, -0.15) is 6.08 Å². The summed E-state index contributed by atoms with van der Waals surface area (Å²) >= 11 is 0. The number of rotatable bonds is 2. The smallest absolute Gasteiger partial charge is 0.248 e. The first-order chi connectivity index (χ1) is 10.5. The fraction of sp³-hybridized carbons (Fsp3) is 0.562. The van der Waals surface area contributed by atoms with Gasteiger partial charge in [0.25, 0.3) is 0 Å². The van der Waals surface area contributed by atoms with Crippen LogP contribution in [0.5, 0.6) is 0 Å². The predicted octanol–water partition coefficient (Wildman–Crippen LogP) is 1.60. The molecule has 3 atom stereocenters. The molecule has 0 bridgehead atoms. The summed E-state index contributed by atoms with van der Waals surface area (Å²) in [6, 6.07) is -0.762. The van der Waals surface area contributed by atoms with E-state index < -0.39 is 24.0 Å². The van der Waals surface area contributed by atoms with Gasteiger partial charge in [0, 0.05) is 27.5 Å². The van der Waals surface area contributed by atoms with Crippen molar-refractivity contribution in [2.24, 2.45) is 5.92 Å². The van der Waals surface area contributed by atoms with Gasteiger partial charge in [-0.25, -0.2) is 0 Å². The molecule has 1 aliphatic carbocycles. The minimum Gasteiger partial charge on any atom is -0.394 e. The Hall–Kier alpha value is -1.29. The van der Waals surface area contributed by atoms with Crippen molar-refractivity contribution in [3.05, 3.63) is 23.8 Å². The fourth-order valence-corrected chi connectivity index (χ4v) is 2.06. The van der Waals surface area contributed by atoms with Crippen LogP contribution in [-0.2, 0) is 35.4 Å². The van der Waals surface area contributed by atoms with E-state index in [1.165, 1.54) is 6.08 Å². The van der Waals surface area contributed by atoms with Crippen LogP contribution in [0.25, 0.3) is 0 Å². The van der Waals surface area contributed by atoms with E-state index in [9.17, 15) is 18.8 Å². The molecule has 3 amide bonds. The summed E-state index contributed by atoms with van der Waals surface area (Å²) in [5.74, 6) is -1.63. The number of alkyl halides is 1. The van der Waals surface area contributed by atoms with Gasteiger partial charge in [0.1, 0.15) is 5.91 Å². The van der Waals surface area contributed by atoms with Crippen LogP contribution in [0.3, 0.4) is 0 Å². The molecule has 0 aromatic heterocycles. The Balaban J connectivity index is 0.00000155. The minimum absolute atomic E-state index is 0. The Kier molecular flexibility index (Phi) is 9.89. The van der Waals surface area contributed by atoms with Crippen LogP contribution in [0.15, 0.2) is 17.7 Å². The van der Waals surface area contributed by atoms with Crippen molar-refractivity contribution in [3.8, 4) is 0 Å². The Morgan fingerprint density at radius 2 is 2.04 bits per heavy atom. The summed E-state index contributed by atoms with van der Waals surface area (Å²) in [6.45, 7) is 5.75. The minimum atomic E-state index is -1.22. The molecule has 128 valence electrons. The third-order valence-electron chi connectivity index (χ3n) is 3.41. The van der Waals surface area contributed by atoms with Gasteiger partial charge in [-0.3, -0.25) is 19.3 Å². The van der Waals surface area contributed by atoms with E-state index >= 15 is 0 Å². The average Bonchev–Trinajstić information content (AvgIpc) is 2.66. The number of piperidine rings is 1. The van der Waals surface area contributed by atoms with Crippen LogP contribution in [0, 0.1) is 12.0 Å². The van der Waals surface area contributed by atoms with Gasteiger partial charge in [0.2, 0.25) is 11.8 Å². The van der Waals surface area contributed by atoms with Crippen LogP contribution in [0.1, 0.15) is 40.0 Å². The molecule has 23 heavy (non-hydrogen) atoms. The summed E-state index contributed by atoms with van der Waals surface area (Å²) in [6.07, 6.45) is 5.30. The molecule has 0 aromatic rings. The van der Waals surface area contributed by atoms with Crippen LogP contribution in [0.4, 0.5) is 4.39 Å². The van der Waals surface area contributed by atoms with Gasteiger partial charge in [-0.05, 0) is 18.8 Å². The van der Waals surface area contributed by atoms with E-state index in [2.05, 4.69) is 16.7 Å². The first kappa shape index (κ1) is 21.7. The number of amides is 3. The summed E-state index contributed by atoms with van der Waals surface area (Å²) in [5.41, 5.74) is 0.0894. The number of hydrogen-bond donors (Lipinski definition) is 2. The van der Waals surface area contributed by atoms with Gasteiger partial charge in [0.05, 0.1) is 12.2 Å². The molecule has 1 saturated heterocycles. The van der Waals surface area contributed by atoms with Crippen molar-refractivity contribution in [3.63, 3.8) is 0 Å². The number of imide groups is 1. The number of allylic oxidation sites excluding steroid dienone is 2. The van der Waals surface area contributed by atoms with Crippen LogP contribution in [-0.4, -0.2) is 29.9 Å². The zero-order chi connectivity index (χ0) is 16.7. The average molecular weight is 493 g/mol. The van der Waals surface area contributed by atoms with Crippen molar-refractivity contribution in [2.75, 3.05) is 0 Å². The number of halogens is 1. The standard InChI is InChI=1S/C14H16FN2O3.C2H6.W/c1-8-3-2-4-9(7-10(8)15)13(19)16-11-5-6-12(18)17-14(11)20;1-2;/h2,7-8,10-11H,3,5-6H2,1H3,(H,16,19)(H,17,18,20);1-2H3;/q-1;;. The molecule has 2 aliphatic rings. The molecule has 2 N–H and O–H groups in total. The Morgan fingerprint density at radius 1 is 1.39 bits per heavy atom. The molecule has 0 radical (unpaired) electrons. The van der Waals surface area contributed by atoms with Crippen molar-refractivity contribution in [1.82, 2.24) is 10.6 Å². The topological polar surface area (TPSA) is 75.3 Å². The van der Waals surface area contributed by atoms with E-state index in [0.29, 0.717) is 6.42 Å². The molecule has 0 aromatic carbocycles. The maximum Gasteiger partial charge on any atom is 0.248 e. The molecule has 5 nitrogen and oxygen atoms in total. The Labute approximate surface area is 150 Å². The molecular formula is C16H22FN2O3W-. The zero-order valence-electron chi connectivity index (χ0n) is 13.5. The third kappa shape index (κ3) is 6.38. The van der Waals surface area contributed by atoms with Gasteiger partial charge in [0.15, 0.2) is 0 Å². The third-order valence-corrected chi connectivity index (χ3v) is 3.41. The molecule has 7 heteroatoms. The number of hydrogen-bond acceptors (Lipinski definition) is 3.